The topological polar surface area (TPSA) is 38.3 Å². The Labute approximate surface area is 92.6 Å². The summed E-state index contributed by atoms with van der Waals surface area (Å²) in [6.07, 6.45) is 0.910. The van der Waals surface area contributed by atoms with E-state index in [-0.39, 0.29) is 17.9 Å². The molecule has 0 aliphatic carbocycles. The second kappa shape index (κ2) is 4.97. The smallest absolute Gasteiger partial charge is 0.310 e. The van der Waals surface area contributed by atoms with Gasteiger partial charge in [-0.3, -0.25) is 4.79 Å². The molecule has 0 bridgehead atoms. The average Bonchev–Trinajstić information content (AvgIpc) is 2.61. The number of hydrogen-bond acceptors (Lipinski definition) is 3. The molecule has 0 spiro atoms. The van der Waals surface area contributed by atoms with Crippen molar-refractivity contribution < 1.29 is 9.53 Å². The Morgan fingerprint density at radius 3 is 2.27 bits per heavy atom. The predicted octanol–water partition coefficient (Wildman–Crippen LogP) is 1.82. The van der Waals surface area contributed by atoms with Crippen LogP contribution in [0.2, 0.25) is 0 Å². The third-order valence-electron chi connectivity index (χ3n) is 3.37. The van der Waals surface area contributed by atoms with Crippen LogP contribution in [0.1, 0.15) is 34.1 Å². The Bertz CT molecular complexity index is 226. The summed E-state index contributed by atoms with van der Waals surface area (Å²) in [6.45, 7) is 8.68. The first-order valence-electron chi connectivity index (χ1n) is 5.81. The van der Waals surface area contributed by atoms with Crippen LogP contribution in [0.25, 0.3) is 0 Å². The van der Waals surface area contributed by atoms with Gasteiger partial charge >= 0.3 is 5.97 Å². The van der Waals surface area contributed by atoms with E-state index in [4.69, 9.17) is 4.74 Å². The molecule has 3 atom stereocenters. The molecule has 1 fully saturated rings. The molecule has 0 saturated carbocycles. The number of esters is 1. The minimum Gasteiger partial charge on any atom is -0.469 e. The SMILES string of the molecule is COC(=O)C1C[C@H](C(C)C)N[C@H]1C(C)C. The van der Waals surface area contributed by atoms with Crippen molar-refractivity contribution in [2.45, 2.75) is 46.2 Å². The maximum absolute atomic E-state index is 11.6. The summed E-state index contributed by atoms with van der Waals surface area (Å²) in [5.74, 6) is 1.01. The fourth-order valence-electron chi connectivity index (χ4n) is 2.37. The lowest BCUT2D eigenvalue weighted by atomic mass is 9.90. The van der Waals surface area contributed by atoms with Crippen molar-refractivity contribution in [3.05, 3.63) is 0 Å². The summed E-state index contributed by atoms with van der Waals surface area (Å²) in [7, 11) is 1.47. The Morgan fingerprint density at radius 2 is 1.87 bits per heavy atom. The molecule has 0 radical (unpaired) electrons. The van der Waals surface area contributed by atoms with Crippen molar-refractivity contribution in [3.63, 3.8) is 0 Å². The quantitative estimate of drug-likeness (QED) is 0.727. The number of hydrogen-bond donors (Lipinski definition) is 1. The van der Waals surface area contributed by atoms with Gasteiger partial charge in [-0.05, 0) is 18.3 Å². The molecule has 1 heterocycles. The Hall–Kier alpha value is -0.570. The van der Waals surface area contributed by atoms with Crippen molar-refractivity contribution in [3.8, 4) is 0 Å². The molecule has 0 aromatic heterocycles. The first kappa shape index (κ1) is 12.5. The van der Waals surface area contributed by atoms with Gasteiger partial charge in [0.15, 0.2) is 0 Å². The molecule has 1 aliphatic rings. The van der Waals surface area contributed by atoms with Gasteiger partial charge in [-0.2, -0.15) is 0 Å². The van der Waals surface area contributed by atoms with E-state index in [0.717, 1.165) is 6.42 Å². The summed E-state index contributed by atoms with van der Waals surface area (Å²) >= 11 is 0. The molecule has 1 rings (SSSR count). The van der Waals surface area contributed by atoms with Gasteiger partial charge in [0.2, 0.25) is 0 Å². The van der Waals surface area contributed by atoms with E-state index in [1.807, 2.05) is 0 Å². The summed E-state index contributed by atoms with van der Waals surface area (Å²) in [4.78, 5) is 11.6. The lowest BCUT2D eigenvalue weighted by molar-refractivity contribution is -0.146. The predicted molar refractivity (Wildman–Crippen MR) is 60.5 cm³/mol. The van der Waals surface area contributed by atoms with E-state index in [2.05, 4.69) is 33.0 Å². The van der Waals surface area contributed by atoms with Crippen LogP contribution in [-0.2, 0) is 9.53 Å². The van der Waals surface area contributed by atoms with Crippen molar-refractivity contribution in [2.75, 3.05) is 7.11 Å². The Kier molecular flexibility index (Phi) is 4.14. The largest absolute Gasteiger partial charge is 0.469 e. The van der Waals surface area contributed by atoms with Gasteiger partial charge in [-0.15, -0.1) is 0 Å². The van der Waals surface area contributed by atoms with Gasteiger partial charge in [0.1, 0.15) is 0 Å². The molecular formula is C12H23NO2. The van der Waals surface area contributed by atoms with Crippen molar-refractivity contribution in [2.24, 2.45) is 17.8 Å². The molecule has 1 saturated heterocycles. The summed E-state index contributed by atoms with van der Waals surface area (Å²) in [5, 5.41) is 3.55. The lowest BCUT2D eigenvalue weighted by Crippen LogP contribution is -2.39. The van der Waals surface area contributed by atoms with E-state index >= 15 is 0 Å². The number of carbonyl (C=O) groups is 1. The molecule has 0 aromatic rings. The molecule has 1 N–H and O–H groups in total. The van der Waals surface area contributed by atoms with Gasteiger partial charge < -0.3 is 10.1 Å². The first-order chi connectivity index (χ1) is 6.97. The highest BCUT2D eigenvalue weighted by atomic mass is 16.5. The fourth-order valence-corrected chi connectivity index (χ4v) is 2.37. The van der Waals surface area contributed by atoms with Crippen LogP contribution >= 0.6 is 0 Å². The standard InChI is InChI=1S/C12H23NO2/c1-7(2)10-6-9(12(14)15-5)11(13-10)8(3)4/h7-11,13H,6H2,1-5H3/t9?,10-,11+/m1/s1. The first-order valence-corrected chi connectivity index (χ1v) is 5.81. The Morgan fingerprint density at radius 1 is 1.27 bits per heavy atom. The van der Waals surface area contributed by atoms with Crippen LogP contribution in [0.4, 0.5) is 0 Å². The monoisotopic (exact) mass is 213 g/mol. The minimum atomic E-state index is -0.0654. The Balaban J connectivity index is 2.72. The van der Waals surface area contributed by atoms with E-state index in [9.17, 15) is 4.79 Å². The molecule has 15 heavy (non-hydrogen) atoms. The van der Waals surface area contributed by atoms with Gasteiger partial charge in [-0.1, -0.05) is 27.7 Å². The summed E-state index contributed by atoms with van der Waals surface area (Å²) < 4.78 is 4.86. The van der Waals surface area contributed by atoms with Crippen LogP contribution in [0.5, 0.6) is 0 Å². The highest BCUT2D eigenvalue weighted by Gasteiger charge is 2.41. The zero-order valence-corrected chi connectivity index (χ0v) is 10.4. The normalized spacial score (nSPS) is 31.3. The van der Waals surface area contributed by atoms with Crippen molar-refractivity contribution >= 4 is 5.97 Å². The highest BCUT2D eigenvalue weighted by molar-refractivity contribution is 5.73. The molecule has 88 valence electrons. The van der Waals surface area contributed by atoms with Gasteiger partial charge in [0.05, 0.1) is 13.0 Å². The van der Waals surface area contributed by atoms with Crippen LogP contribution in [0.3, 0.4) is 0 Å². The van der Waals surface area contributed by atoms with E-state index in [1.54, 1.807) is 0 Å². The third kappa shape index (κ3) is 2.71. The van der Waals surface area contributed by atoms with Crippen molar-refractivity contribution in [1.29, 1.82) is 0 Å². The van der Waals surface area contributed by atoms with Crippen LogP contribution in [0, 0.1) is 17.8 Å². The van der Waals surface area contributed by atoms with E-state index in [1.165, 1.54) is 7.11 Å². The number of rotatable bonds is 3. The van der Waals surface area contributed by atoms with Crippen molar-refractivity contribution in [1.82, 2.24) is 5.32 Å². The summed E-state index contributed by atoms with van der Waals surface area (Å²) in [6, 6.07) is 0.714. The molecule has 3 nitrogen and oxygen atoms in total. The fraction of sp³-hybridized carbons (Fsp3) is 0.917. The van der Waals surface area contributed by atoms with E-state index < -0.39 is 0 Å². The maximum Gasteiger partial charge on any atom is 0.310 e. The second-order valence-corrected chi connectivity index (χ2v) is 5.15. The highest BCUT2D eigenvalue weighted by Crippen LogP contribution is 2.29. The molecule has 3 heteroatoms. The maximum atomic E-state index is 11.6. The zero-order valence-electron chi connectivity index (χ0n) is 10.4. The molecule has 1 aliphatic heterocycles. The van der Waals surface area contributed by atoms with Crippen LogP contribution in [-0.4, -0.2) is 25.2 Å². The lowest BCUT2D eigenvalue weighted by Gasteiger charge is -2.22. The number of nitrogens with one attached hydrogen (secondary N) is 1. The molecular weight excluding hydrogens is 190 g/mol. The second-order valence-electron chi connectivity index (χ2n) is 5.15. The van der Waals surface area contributed by atoms with Crippen LogP contribution < -0.4 is 5.32 Å². The number of ether oxygens (including phenoxy) is 1. The van der Waals surface area contributed by atoms with Gasteiger partial charge in [-0.25, -0.2) is 0 Å². The number of carbonyl (C=O) groups excluding carboxylic acids is 1. The zero-order chi connectivity index (χ0) is 11.6. The molecule has 1 unspecified atom stereocenters. The van der Waals surface area contributed by atoms with E-state index in [0.29, 0.717) is 17.9 Å². The minimum absolute atomic E-state index is 0.0300. The summed E-state index contributed by atoms with van der Waals surface area (Å²) in [5.41, 5.74) is 0. The number of methoxy groups -OCH3 is 1. The van der Waals surface area contributed by atoms with Gasteiger partial charge in [0.25, 0.3) is 0 Å². The average molecular weight is 213 g/mol. The third-order valence-corrected chi connectivity index (χ3v) is 3.37. The van der Waals surface area contributed by atoms with Gasteiger partial charge in [0, 0.05) is 12.1 Å². The molecule has 0 amide bonds. The molecule has 0 aromatic carbocycles. The van der Waals surface area contributed by atoms with Crippen LogP contribution in [0.15, 0.2) is 0 Å².